The molecule has 3 aliphatic rings. The van der Waals surface area contributed by atoms with E-state index < -0.39 is 41.6 Å². The maximum Gasteiger partial charge on any atom is 0.312 e. The Labute approximate surface area is 229 Å². The van der Waals surface area contributed by atoms with Crippen LogP contribution >= 0.6 is 11.6 Å². The topological polar surface area (TPSA) is 96.4 Å². The first kappa shape index (κ1) is 28.3. The molecule has 2 bridgehead atoms. The molecule has 0 aliphatic carbocycles. The molecular formula is C29H37ClN2O6. The highest BCUT2D eigenvalue weighted by Crippen LogP contribution is 2.59. The normalized spacial score (nSPS) is 28.2. The number of likely N-dealkylation sites (tertiary alicyclic amines) is 1. The molecule has 1 spiro atoms. The first-order valence-corrected chi connectivity index (χ1v) is 13.8. The van der Waals surface area contributed by atoms with Crippen LogP contribution in [-0.4, -0.2) is 71.3 Å². The molecule has 0 radical (unpaired) electrons. The lowest BCUT2D eigenvalue weighted by Crippen LogP contribution is -2.59. The molecule has 8 nitrogen and oxygen atoms in total. The minimum Gasteiger partial charge on any atom is -0.465 e. The van der Waals surface area contributed by atoms with Crippen molar-refractivity contribution in [1.29, 1.82) is 0 Å². The number of unbranched alkanes of at least 4 members (excludes halogenated alkanes) is 2. The molecule has 1 N–H and O–H groups in total. The highest BCUT2D eigenvalue weighted by molar-refractivity contribution is 6.30. The molecule has 3 saturated heterocycles. The number of aliphatic hydroxyl groups is 1. The predicted molar refractivity (Wildman–Crippen MR) is 145 cm³/mol. The van der Waals surface area contributed by atoms with Gasteiger partial charge in [-0.25, -0.2) is 0 Å². The van der Waals surface area contributed by atoms with E-state index in [1.165, 1.54) is 4.90 Å². The van der Waals surface area contributed by atoms with Gasteiger partial charge >= 0.3 is 5.97 Å². The molecule has 3 aliphatic heterocycles. The van der Waals surface area contributed by atoms with Crippen molar-refractivity contribution in [2.24, 2.45) is 11.8 Å². The molecule has 9 heteroatoms. The van der Waals surface area contributed by atoms with Gasteiger partial charge in [-0.15, -0.1) is 13.2 Å². The van der Waals surface area contributed by atoms with E-state index >= 15 is 0 Å². The van der Waals surface area contributed by atoms with Gasteiger partial charge in [-0.05, 0) is 62.8 Å². The number of carbonyl (C=O) groups excluding carboxylic acids is 3. The molecule has 0 aromatic heterocycles. The zero-order valence-electron chi connectivity index (χ0n) is 21.9. The number of ether oxygens (including phenoxy) is 2. The second-order valence-electron chi connectivity index (χ2n) is 10.2. The maximum absolute atomic E-state index is 14.4. The van der Waals surface area contributed by atoms with Crippen LogP contribution < -0.4 is 4.90 Å². The number of amides is 2. The number of halogens is 1. The number of carbonyl (C=O) groups is 3. The Bertz CT molecular complexity index is 1060. The Hall–Kier alpha value is -2.68. The standard InChI is InChI=1S/C29H37ClN2O6/c1-4-7-8-9-17-37-28(36)23-22-14-15-29(38-22)24(23)26(34)32(20(6-3)18-33)25(29)27(35)31(16-5-2)21-12-10-19(30)11-13-21/h4-5,10-13,20,22-25,33H,1-2,6-9,14-18H2,3H3/t20-,22+,23-,24-,25?,29?/m0/s1. The number of esters is 1. The van der Waals surface area contributed by atoms with Crippen LogP contribution in [0.4, 0.5) is 5.69 Å². The molecule has 38 heavy (non-hydrogen) atoms. The fourth-order valence-corrected chi connectivity index (χ4v) is 6.45. The number of benzene rings is 1. The van der Waals surface area contributed by atoms with E-state index in [0.29, 0.717) is 36.4 Å². The third kappa shape index (κ3) is 4.90. The van der Waals surface area contributed by atoms with Gasteiger partial charge in [-0.2, -0.15) is 0 Å². The summed E-state index contributed by atoms with van der Waals surface area (Å²) in [6.45, 7) is 9.52. The second kappa shape index (κ2) is 12.0. The van der Waals surface area contributed by atoms with Crippen molar-refractivity contribution >= 4 is 35.1 Å². The minimum absolute atomic E-state index is 0.204. The number of anilines is 1. The van der Waals surface area contributed by atoms with E-state index in [9.17, 15) is 19.5 Å². The number of hydrogen-bond acceptors (Lipinski definition) is 6. The van der Waals surface area contributed by atoms with Crippen molar-refractivity contribution in [2.75, 3.05) is 24.7 Å². The second-order valence-corrected chi connectivity index (χ2v) is 10.6. The predicted octanol–water partition coefficient (Wildman–Crippen LogP) is 3.90. The van der Waals surface area contributed by atoms with Gasteiger partial charge in [0, 0.05) is 17.3 Å². The lowest BCUT2D eigenvalue weighted by Gasteiger charge is -2.39. The highest BCUT2D eigenvalue weighted by Gasteiger charge is 2.75. The molecule has 2 unspecified atom stereocenters. The minimum atomic E-state index is -1.17. The van der Waals surface area contributed by atoms with Crippen LogP contribution in [0.1, 0.15) is 45.4 Å². The van der Waals surface area contributed by atoms with E-state index in [2.05, 4.69) is 13.2 Å². The summed E-state index contributed by atoms with van der Waals surface area (Å²) in [5, 5.41) is 10.7. The average molecular weight is 545 g/mol. The summed E-state index contributed by atoms with van der Waals surface area (Å²) in [6, 6.07) is 5.28. The molecule has 3 fully saturated rings. The molecule has 1 aromatic rings. The third-order valence-electron chi connectivity index (χ3n) is 8.08. The van der Waals surface area contributed by atoms with Crippen LogP contribution in [0, 0.1) is 11.8 Å². The Balaban J connectivity index is 1.69. The zero-order chi connectivity index (χ0) is 27.4. The van der Waals surface area contributed by atoms with Gasteiger partial charge in [0.2, 0.25) is 5.91 Å². The van der Waals surface area contributed by atoms with Gasteiger partial charge in [0.15, 0.2) is 0 Å². The van der Waals surface area contributed by atoms with E-state index in [-0.39, 0.29) is 31.6 Å². The molecule has 4 rings (SSSR count). The van der Waals surface area contributed by atoms with Gasteiger partial charge < -0.3 is 24.4 Å². The smallest absolute Gasteiger partial charge is 0.312 e. The van der Waals surface area contributed by atoms with Gasteiger partial charge in [0.05, 0.1) is 37.2 Å². The third-order valence-corrected chi connectivity index (χ3v) is 8.33. The van der Waals surface area contributed by atoms with E-state index in [4.69, 9.17) is 21.1 Å². The summed E-state index contributed by atoms with van der Waals surface area (Å²) in [6.07, 6.45) is 6.81. The maximum atomic E-state index is 14.4. The van der Waals surface area contributed by atoms with Gasteiger partial charge in [0.25, 0.3) is 5.91 Å². The van der Waals surface area contributed by atoms with Crippen molar-refractivity contribution in [3.63, 3.8) is 0 Å². The van der Waals surface area contributed by atoms with Crippen LogP contribution in [-0.2, 0) is 23.9 Å². The van der Waals surface area contributed by atoms with E-state index in [0.717, 1.165) is 12.8 Å². The average Bonchev–Trinajstić information content (AvgIpc) is 3.56. The molecule has 0 saturated carbocycles. The van der Waals surface area contributed by atoms with Gasteiger partial charge in [-0.3, -0.25) is 14.4 Å². The van der Waals surface area contributed by atoms with Crippen LogP contribution in [0.2, 0.25) is 5.02 Å². The van der Waals surface area contributed by atoms with E-state index in [1.54, 1.807) is 35.2 Å². The number of aliphatic hydroxyl groups excluding tert-OH is 1. The molecule has 206 valence electrons. The zero-order valence-corrected chi connectivity index (χ0v) is 22.6. The van der Waals surface area contributed by atoms with E-state index in [1.807, 2.05) is 13.0 Å². The first-order valence-electron chi connectivity index (χ1n) is 13.4. The summed E-state index contributed by atoms with van der Waals surface area (Å²) in [4.78, 5) is 44.7. The number of allylic oxidation sites excluding steroid dienone is 1. The summed E-state index contributed by atoms with van der Waals surface area (Å²) in [5.41, 5.74) is -0.564. The summed E-state index contributed by atoms with van der Waals surface area (Å²) < 4.78 is 12.1. The molecule has 1 aromatic carbocycles. The molecule has 6 atom stereocenters. The van der Waals surface area contributed by atoms with Crippen molar-refractivity contribution < 1.29 is 29.0 Å². The largest absolute Gasteiger partial charge is 0.465 e. The Kier molecular flexibility index (Phi) is 8.96. The fraction of sp³-hybridized carbons (Fsp3) is 0.552. The van der Waals surface area contributed by atoms with Crippen LogP contribution in [0.3, 0.4) is 0 Å². The number of nitrogens with zero attached hydrogens (tertiary/aromatic N) is 2. The van der Waals surface area contributed by atoms with Crippen molar-refractivity contribution in [3.8, 4) is 0 Å². The summed E-state index contributed by atoms with van der Waals surface area (Å²) >= 11 is 6.08. The van der Waals surface area contributed by atoms with Crippen LogP contribution in [0.5, 0.6) is 0 Å². The van der Waals surface area contributed by atoms with Gasteiger partial charge in [-0.1, -0.05) is 30.7 Å². The molecular weight excluding hydrogens is 508 g/mol. The lowest BCUT2D eigenvalue weighted by atomic mass is 9.70. The fourth-order valence-electron chi connectivity index (χ4n) is 6.33. The van der Waals surface area contributed by atoms with Gasteiger partial charge in [0.1, 0.15) is 11.6 Å². The Morgan fingerprint density at radius 1 is 1.29 bits per heavy atom. The van der Waals surface area contributed by atoms with Crippen LogP contribution in [0.15, 0.2) is 49.6 Å². The highest BCUT2D eigenvalue weighted by atomic mass is 35.5. The number of rotatable bonds is 13. The van der Waals surface area contributed by atoms with Crippen molar-refractivity contribution in [1.82, 2.24) is 4.90 Å². The first-order chi connectivity index (χ1) is 18.3. The quantitative estimate of drug-likeness (QED) is 0.230. The lowest BCUT2D eigenvalue weighted by molar-refractivity contribution is -0.156. The monoisotopic (exact) mass is 544 g/mol. The van der Waals surface area contributed by atoms with Crippen molar-refractivity contribution in [3.05, 3.63) is 54.6 Å². The summed E-state index contributed by atoms with van der Waals surface area (Å²) in [7, 11) is 0. The number of hydrogen-bond donors (Lipinski definition) is 1. The Morgan fingerprint density at radius 2 is 2.03 bits per heavy atom. The molecule has 2 amide bonds. The van der Waals surface area contributed by atoms with Crippen LogP contribution in [0.25, 0.3) is 0 Å². The summed E-state index contributed by atoms with van der Waals surface area (Å²) in [5.74, 6) is -2.76. The SMILES string of the molecule is C=CCCCCOC(=O)[C@@H]1[C@H]2C(=O)N([C@@H](CC)CO)C(C(=O)N(CC=C)c3ccc(Cl)cc3)C23CC[C@H]1O3. The number of fused-ring (bicyclic) bond motifs is 1. The van der Waals surface area contributed by atoms with Crippen molar-refractivity contribution in [2.45, 2.75) is 69.2 Å². The molecule has 3 heterocycles. The Morgan fingerprint density at radius 3 is 2.66 bits per heavy atom.